The van der Waals surface area contributed by atoms with Crippen LogP contribution in [0.2, 0.25) is 0 Å². The Morgan fingerprint density at radius 1 is 1.23 bits per heavy atom. The van der Waals surface area contributed by atoms with Gasteiger partial charge in [-0.3, -0.25) is 0 Å². The molecule has 0 bridgehead atoms. The van der Waals surface area contributed by atoms with Crippen LogP contribution in [0.25, 0.3) is 0 Å². The summed E-state index contributed by atoms with van der Waals surface area (Å²) in [4.78, 5) is 0.275. The van der Waals surface area contributed by atoms with Gasteiger partial charge in [-0.2, -0.15) is 0 Å². The van der Waals surface area contributed by atoms with Crippen molar-refractivity contribution < 1.29 is 8.42 Å². The Morgan fingerprint density at radius 2 is 1.69 bits per heavy atom. The molecule has 0 aliphatic rings. The van der Waals surface area contributed by atoms with E-state index in [1.54, 1.807) is 6.08 Å². The molecule has 0 unspecified atom stereocenters. The summed E-state index contributed by atoms with van der Waals surface area (Å²) < 4.78 is 22.6. The number of sulfone groups is 1. The molecule has 0 aromatic carbocycles. The minimum Gasteiger partial charge on any atom is -0.224 e. The summed E-state index contributed by atoms with van der Waals surface area (Å²) in [5.41, 5.74) is 0.720. The van der Waals surface area contributed by atoms with E-state index in [4.69, 9.17) is 0 Å². The van der Waals surface area contributed by atoms with Crippen molar-refractivity contribution in [2.45, 2.75) is 13.8 Å². The number of allylic oxidation sites excluding steroid dienone is 3. The van der Waals surface area contributed by atoms with E-state index in [1.807, 2.05) is 13.8 Å². The van der Waals surface area contributed by atoms with Crippen LogP contribution < -0.4 is 0 Å². The minimum atomic E-state index is -3.18. The second-order valence-corrected chi connectivity index (χ2v) is 5.14. The maximum absolute atomic E-state index is 11.3. The summed E-state index contributed by atoms with van der Waals surface area (Å²) in [7, 11) is -3.18. The molecule has 13 heavy (non-hydrogen) atoms. The van der Waals surface area contributed by atoms with E-state index in [1.165, 1.54) is 12.3 Å². The second-order valence-electron chi connectivity index (χ2n) is 3.15. The Balaban J connectivity index is 5.60. The van der Waals surface area contributed by atoms with Gasteiger partial charge in [0.15, 0.2) is 9.84 Å². The van der Waals surface area contributed by atoms with E-state index in [0.29, 0.717) is 0 Å². The summed E-state index contributed by atoms with van der Waals surface area (Å²) in [6, 6.07) is 0. The standard InChI is InChI=1S/C10H16O2S/c1-6-9(8(3)4)10(7-2)13(5,11)12/h6-8H,1-2H2,3-5H3/b10-9-. The van der Waals surface area contributed by atoms with Gasteiger partial charge in [-0.25, -0.2) is 8.42 Å². The van der Waals surface area contributed by atoms with Crippen LogP contribution in [-0.2, 0) is 9.84 Å². The topological polar surface area (TPSA) is 34.1 Å². The molecule has 0 fully saturated rings. The molecule has 74 valence electrons. The predicted molar refractivity (Wildman–Crippen MR) is 57.1 cm³/mol. The Labute approximate surface area is 80.6 Å². The lowest BCUT2D eigenvalue weighted by Crippen LogP contribution is -2.05. The third kappa shape index (κ3) is 3.19. The van der Waals surface area contributed by atoms with E-state index < -0.39 is 9.84 Å². The van der Waals surface area contributed by atoms with Crippen LogP contribution >= 0.6 is 0 Å². The van der Waals surface area contributed by atoms with E-state index in [2.05, 4.69) is 13.2 Å². The average molecular weight is 200 g/mol. The molecule has 0 aromatic heterocycles. The van der Waals surface area contributed by atoms with Gasteiger partial charge in [0.2, 0.25) is 0 Å². The fraction of sp³-hybridized carbons (Fsp3) is 0.400. The van der Waals surface area contributed by atoms with Crippen molar-refractivity contribution in [3.8, 4) is 0 Å². The molecule has 0 heterocycles. The average Bonchev–Trinajstić information content (AvgIpc) is 1.96. The summed E-state index contributed by atoms with van der Waals surface area (Å²) in [5.74, 6) is 0.139. The molecule has 0 radical (unpaired) electrons. The lowest BCUT2D eigenvalue weighted by Gasteiger charge is -2.10. The largest absolute Gasteiger partial charge is 0.224 e. The smallest absolute Gasteiger partial charge is 0.175 e. The van der Waals surface area contributed by atoms with Gasteiger partial charge in [0, 0.05) is 6.26 Å². The SMILES string of the molecule is C=C/C(=C(\C=C)S(C)(=O)=O)C(C)C. The first-order chi connectivity index (χ1) is 5.84. The van der Waals surface area contributed by atoms with Gasteiger partial charge in [0.25, 0.3) is 0 Å². The molecule has 0 aromatic rings. The molecule has 0 amide bonds. The fourth-order valence-electron chi connectivity index (χ4n) is 1.10. The van der Waals surface area contributed by atoms with Gasteiger partial charge in [-0.05, 0) is 11.5 Å². The van der Waals surface area contributed by atoms with Crippen molar-refractivity contribution in [1.82, 2.24) is 0 Å². The summed E-state index contributed by atoms with van der Waals surface area (Å²) >= 11 is 0. The van der Waals surface area contributed by atoms with Crippen molar-refractivity contribution in [1.29, 1.82) is 0 Å². The molecule has 0 rings (SSSR count). The van der Waals surface area contributed by atoms with Gasteiger partial charge in [0.05, 0.1) is 4.91 Å². The van der Waals surface area contributed by atoms with Crippen LogP contribution in [0.3, 0.4) is 0 Å². The van der Waals surface area contributed by atoms with E-state index in [9.17, 15) is 8.42 Å². The van der Waals surface area contributed by atoms with Crippen LogP contribution in [0, 0.1) is 5.92 Å². The normalized spacial score (nSPS) is 13.8. The fourth-order valence-corrected chi connectivity index (χ4v) is 2.15. The molecular weight excluding hydrogens is 184 g/mol. The van der Waals surface area contributed by atoms with Gasteiger partial charge in [0.1, 0.15) is 0 Å². The summed E-state index contributed by atoms with van der Waals surface area (Å²) in [5, 5.41) is 0. The zero-order valence-electron chi connectivity index (χ0n) is 8.37. The van der Waals surface area contributed by atoms with Gasteiger partial charge < -0.3 is 0 Å². The number of hydrogen-bond acceptors (Lipinski definition) is 2. The minimum absolute atomic E-state index is 0.139. The summed E-state index contributed by atoms with van der Waals surface area (Å²) in [6.07, 6.45) is 4.12. The first-order valence-corrected chi connectivity index (χ1v) is 5.92. The molecule has 3 heteroatoms. The second kappa shape index (κ2) is 4.42. The van der Waals surface area contributed by atoms with E-state index >= 15 is 0 Å². The van der Waals surface area contributed by atoms with Crippen molar-refractivity contribution in [3.05, 3.63) is 35.8 Å². The molecule has 0 spiro atoms. The highest BCUT2D eigenvalue weighted by molar-refractivity contribution is 7.94. The summed E-state index contributed by atoms with van der Waals surface area (Å²) in [6.45, 7) is 10.9. The monoisotopic (exact) mass is 200 g/mol. The number of rotatable bonds is 4. The lowest BCUT2D eigenvalue weighted by atomic mass is 10.0. The Bertz CT molecular complexity index is 332. The van der Waals surface area contributed by atoms with Crippen LogP contribution in [0.1, 0.15) is 13.8 Å². The van der Waals surface area contributed by atoms with Crippen LogP contribution in [0.15, 0.2) is 35.8 Å². The van der Waals surface area contributed by atoms with Gasteiger partial charge in [-0.1, -0.05) is 39.2 Å². The van der Waals surface area contributed by atoms with Gasteiger partial charge >= 0.3 is 0 Å². The Morgan fingerprint density at radius 3 is 1.77 bits per heavy atom. The lowest BCUT2D eigenvalue weighted by molar-refractivity contribution is 0.607. The van der Waals surface area contributed by atoms with Crippen molar-refractivity contribution >= 4 is 9.84 Å². The maximum Gasteiger partial charge on any atom is 0.175 e. The van der Waals surface area contributed by atoms with E-state index in [-0.39, 0.29) is 10.8 Å². The van der Waals surface area contributed by atoms with Crippen LogP contribution in [0.5, 0.6) is 0 Å². The van der Waals surface area contributed by atoms with E-state index in [0.717, 1.165) is 5.57 Å². The Hall–Kier alpha value is -0.830. The molecular formula is C10H16O2S. The Kier molecular flexibility index (Phi) is 4.14. The zero-order valence-corrected chi connectivity index (χ0v) is 9.19. The highest BCUT2D eigenvalue weighted by Gasteiger charge is 2.14. The molecule has 0 atom stereocenters. The molecule has 0 aliphatic carbocycles. The number of hydrogen-bond donors (Lipinski definition) is 0. The third-order valence-electron chi connectivity index (χ3n) is 1.71. The molecule has 2 nitrogen and oxygen atoms in total. The quantitative estimate of drug-likeness (QED) is 0.653. The van der Waals surface area contributed by atoms with Crippen LogP contribution in [-0.4, -0.2) is 14.7 Å². The third-order valence-corrected chi connectivity index (χ3v) is 2.91. The molecule has 0 aliphatic heterocycles. The zero-order chi connectivity index (χ0) is 10.6. The first kappa shape index (κ1) is 12.2. The van der Waals surface area contributed by atoms with Crippen LogP contribution in [0.4, 0.5) is 0 Å². The highest BCUT2D eigenvalue weighted by atomic mass is 32.2. The highest BCUT2D eigenvalue weighted by Crippen LogP contribution is 2.20. The van der Waals surface area contributed by atoms with Crippen molar-refractivity contribution in [2.24, 2.45) is 5.92 Å². The predicted octanol–water partition coefficient (Wildman–Crippen LogP) is 2.31. The molecule has 0 saturated heterocycles. The molecule has 0 N–H and O–H groups in total. The van der Waals surface area contributed by atoms with Gasteiger partial charge in [-0.15, -0.1) is 0 Å². The van der Waals surface area contributed by atoms with Crippen molar-refractivity contribution in [3.63, 3.8) is 0 Å². The molecule has 0 saturated carbocycles. The first-order valence-electron chi connectivity index (χ1n) is 4.03. The van der Waals surface area contributed by atoms with Crippen molar-refractivity contribution in [2.75, 3.05) is 6.26 Å². The maximum atomic E-state index is 11.3.